The molecule has 1 unspecified atom stereocenters. The first-order valence-corrected chi connectivity index (χ1v) is 8.98. The normalized spacial score (nSPS) is 19.3. The maximum Gasteiger partial charge on any atom is 0.106 e. The van der Waals surface area contributed by atoms with Gasteiger partial charge in [0.2, 0.25) is 0 Å². The van der Waals surface area contributed by atoms with E-state index in [2.05, 4.69) is 38.9 Å². The predicted molar refractivity (Wildman–Crippen MR) is 92.2 cm³/mol. The molecule has 3 rings (SSSR count). The third-order valence-corrected chi connectivity index (χ3v) is 4.87. The molecule has 3 heterocycles. The van der Waals surface area contributed by atoms with Gasteiger partial charge in [-0.2, -0.15) is 5.10 Å². The Morgan fingerprint density at radius 2 is 2.26 bits per heavy atom. The lowest BCUT2D eigenvalue weighted by molar-refractivity contribution is 0.165. The van der Waals surface area contributed by atoms with Crippen molar-refractivity contribution >= 4 is 0 Å². The van der Waals surface area contributed by atoms with Crippen LogP contribution < -0.4 is 0 Å². The van der Waals surface area contributed by atoms with Gasteiger partial charge in [-0.25, -0.2) is 4.98 Å². The van der Waals surface area contributed by atoms with Gasteiger partial charge in [-0.3, -0.25) is 10.00 Å². The number of nitrogens with one attached hydrogen (secondary N) is 2. The number of aryl methyl sites for hydroxylation is 2. The Morgan fingerprint density at radius 1 is 1.35 bits per heavy atom. The summed E-state index contributed by atoms with van der Waals surface area (Å²) in [5, 5.41) is 7.30. The lowest BCUT2D eigenvalue weighted by Crippen LogP contribution is -2.36. The van der Waals surface area contributed by atoms with Crippen LogP contribution in [-0.4, -0.2) is 38.2 Å². The van der Waals surface area contributed by atoms with E-state index >= 15 is 0 Å². The van der Waals surface area contributed by atoms with Crippen molar-refractivity contribution in [2.24, 2.45) is 5.92 Å². The Kier molecular flexibility index (Phi) is 5.49. The number of H-pyrrole nitrogens is 2. The number of piperidine rings is 1. The number of hydrogen-bond donors (Lipinski definition) is 2. The van der Waals surface area contributed by atoms with Crippen LogP contribution in [0.3, 0.4) is 0 Å². The number of aromatic nitrogens is 4. The van der Waals surface area contributed by atoms with Crippen molar-refractivity contribution in [1.29, 1.82) is 0 Å². The Labute approximate surface area is 138 Å². The van der Waals surface area contributed by atoms with Gasteiger partial charge in [-0.15, -0.1) is 0 Å². The molecule has 1 aliphatic heterocycles. The van der Waals surface area contributed by atoms with Crippen LogP contribution in [0.15, 0.2) is 12.4 Å². The molecule has 5 heteroatoms. The minimum Gasteiger partial charge on any atom is -0.345 e. The van der Waals surface area contributed by atoms with Gasteiger partial charge in [0.1, 0.15) is 5.82 Å². The lowest BCUT2D eigenvalue weighted by atomic mass is 9.92. The van der Waals surface area contributed by atoms with Crippen LogP contribution in [-0.2, 0) is 19.4 Å². The van der Waals surface area contributed by atoms with Crippen LogP contribution in [0.1, 0.15) is 55.4 Å². The number of aromatic amines is 2. The third-order valence-electron chi connectivity index (χ3n) is 4.87. The van der Waals surface area contributed by atoms with Crippen molar-refractivity contribution in [3.05, 3.63) is 35.2 Å². The molecule has 0 aliphatic carbocycles. The summed E-state index contributed by atoms with van der Waals surface area (Å²) < 4.78 is 0. The number of imidazole rings is 1. The summed E-state index contributed by atoms with van der Waals surface area (Å²) in [6, 6.07) is 0. The molecule has 0 spiro atoms. The van der Waals surface area contributed by atoms with E-state index in [4.69, 9.17) is 0 Å². The standard InChI is InChI=1S/C18H29N5/c1-3-4-7-18-19-11-16(21-18)13-23-8-5-6-15(12-23)9-17-14(2)10-20-22-17/h10-11,15H,3-9,12-13H2,1-2H3,(H,19,21)(H,20,22). The van der Waals surface area contributed by atoms with Gasteiger partial charge in [-0.1, -0.05) is 13.3 Å². The van der Waals surface area contributed by atoms with Crippen LogP contribution in [0.2, 0.25) is 0 Å². The topological polar surface area (TPSA) is 60.6 Å². The summed E-state index contributed by atoms with van der Waals surface area (Å²) in [6.07, 6.45) is 11.2. The molecule has 1 saturated heterocycles. The average Bonchev–Trinajstić information content (AvgIpc) is 3.15. The van der Waals surface area contributed by atoms with Crippen molar-refractivity contribution in [2.45, 2.75) is 58.9 Å². The zero-order chi connectivity index (χ0) is 16.1. The second-order valence-electron chi connectivity index (χ2n) is 6.94. The van der Waals surface area contributed by atoms with E-state index in [0.29, 0.717) is 0 Å². The van der Waals surface area contributed by atoms with Crippen LogP contribution in [0.25, 0.3) is 0 Å². The summed E-state index contributed by atoms with van der Waals surface area (Å²) >= 11 is 0. The highest BCUT2D eigenvalue weighted by molar-refractivity contribution is 5.14. The number of unbranched alkanes of at least 4 members (excludes halogenated alkanes) is 1. The largest absolute Gasteiger partial charge is 0.345 e. The summed E-state index contributed by atoms with van der Waals surface area (Å²) in [4.78, 5) is 10.6. The molecule has 1 atom stereocenters. The predicted octanol–water partition coefficient (Wildman–Crippen LogP) is 3.24. The second kappa shape index (κ2) is 7.77. The van der Waals surface area contributed by atoms with Gasteiger partial charge < -0.3 is 4.98 Å². The van der Waals surface area contributed by atoms with Gasteiger partial charge in [0.05, 0.1) is 6.20 Å². The molecular weight excluding hydrogens is 286 g/mol. The maximum absolute atomic E-state index is 4.52. The Hall–Kier alpha value is -1.62. The van der Waals surface area contributed by atoms with Crippen molar-refractivity contribution in [1.82, 2.24) is 25.1 Å². The van der Waals surface area contributed by atoms with Gasteiger partial charge in [-0.05, 0) is 50.6 Å². The first-order chi connectivity index (χ1) is 11.2. The average molecular weight is 315 g/mol. The van der Waals surface area contributed by atoms with Crippen LogP contribution in [0, 0.1) is 12.8 Å². The Balaban J connectivity index is 1.52. The molecule has 2 aromatic rings. The van der Waals surface area contributed by atoms with Crippen LogP contribution in [0.4, 0.5) is 0 Å². The highest BCUT2D eigenvalue weighted by Crippen LogP contribution is 2.22. The highest BCUT2D eigenvalue weighted by Gasteiger charge is 2.21. The van der Waals surface area contributed by atoms with E-state index in [9.17, 15) is 0 Å². The van der Waals surface area contributed by atoms with Crippen LogP contribution >= 0.6 is 0 Å². The van der Waals surface area contributed by atoms with Gasteiger partial charge in [0.15, 0.2) is 0 Å². The fraction of sp³-hybridized carbons (Fsp3) is 0.667. The molecule has 126 valence electrons. The third kappa shape index (κ3) is 4.44. The maximum atomic E-state index is 4.52. The molecule has 2 N–H and O–H groups in total. The van der Waals surface area contributed by atoms with E-state index < -0.39 is 0 Å². The Bertz CT molecular complexity index is 600. The van der Waals surface area contributed by atoms with Gasteiger partial charge >= 0.3 is 0 Å². The quantitative estimate of drug-likeness (QED) is 0.824. The van der Waals surface area contributed by atoms with Crippen molar-refractivity contribution in [3.63, 3.8) is 0 Å². The van der Waals surface area contributed by atoms with E-state index in [1.165, 1.54) is 55.7 Å². The number of likely N-dealkylation sites (tertiary alicyclic amines) is 1. The van der Waals surface area contributed by atoms with E-state index in [1.807, 2.05) is 12.4 Å². The van der Waals surface area contributed by atoms with Crippen molar-refractivity contribution in [2.75, 3.05) is 13.1 Å². The highest BCUT2D eigenvalue weighted by atomic mass is 15.1. The molecular formula is C18H29N5. The molecule has 0 aromatic carbocycles. The lowest BCUT2D eigenvalue weighted by Gasteiger charge is -2.32. The van der Waals surface area contributed by atoms with E-state index in [0.717, 1.165) is 31.1 Å². The molecule has 0 bridgehead atoms. The van der Waals surface area contributed by atoms with Crippen LogP contribution in [0.5, 0.6) is 0 Å². The SMILES string of the molecule is CCCCc1ncc(CN2CCCC(Cc3[nH]ncc3C)C2)[nH]1. The molecule has 5 nitrogen and oxygen atoms in total. The molecule has 2 aromatic heterocycles. The van der Waals surface area contributed by atoms with Gasteiger partial charge in [0.25, 0.3) is 0 Å². The summed E-state index contributed by atoms with van der Waals surface area (Å²) in [5.74, 6) is 1.87. The fourth-order valence-electron chi connectivity index (χ4n) is 3.53. The first kappa shape index (κ1) is 16.2. The molecule has 23 heavy (non-hydrogen) atoms. The molecule has 0 amide bonds. The zero-order valence-corrected chi connectivity index (χ0v) is 14.4. The minimum absolute atomic E-state index is 0.727. The van der Waals surface area contributed by atoms with Crippen molar-refractivity contribution in [3.8, 4) is 0 Å². The monoisotopic (exact) mass is 315 g/mol. The molecule has 1 aliphatic rings. The van der Waals surface area contributed by atoms with E-state index in [-0.39, 0.29) is 0 Å². The first-order valence-electron chi connectivity index (χ1n) is 8.98. The van der Waals surface area contributed by atoms with E-state index in [1.54, 1.807) is 0 Å². The summed E-state index contributed by atoms with van der Waals surface area (Å²) in [7, 11) is 0. The molecule has 0 saturated carbocycles. The number of hydrogen-bond acceptors (Lipinski definition) is 3. The summed E-state index contributed by atoms with van der Waals surface area (Å²) in [5.41, 5.74) is 3.85. The number of nitrogens with zero attached hydrogens (tertiary/aromatic N) is 3. The Morgan fingerprint density at radius 3 is 3.04 bits per heavy atom. The van der Waals surface area contributed by atoms with Gasteiger partial charge in [0, 0.05) is 37.1 Å². The minimum atomic E-state index is 0.727. The molecule has 0 radical (unpaired) electrons. The molecule has 1 fully saturated rings. The summed E-state index contributed by atoms with van der Waals surface area (Å²) in [6.45, 7) is 7.72. The number of rotatable bonds is 7. The second-order valence-corrected chi connectivity index (χ2v) is 6.94. The zero-order valence-electron chi connectivity index (χ0n) is 14.4. The fourth-order valence-corrected chi connectivity index (χ4v) is 3.53. The smallest absolute Gasteiger partial charge is 0.106 e. The van der Waals surface area contributed by atoms with Crippen molar-refractivity contribution < 1.29 is 0 Å².